The summed E-state index contributed by atoms with van der Waals surface area (Å²) in [4.78, 5) is 19.8. The van der Waals surface area contributed by atoms with Crippen LogP contribution in [0, 0.1) is 6.92 Å². The zero-order chi connectivity index (χ0) is 17.6. The Hall–Kier alpha value is -1.85. The molecule has 1 aromatic carbocycles. The number of amides is 1. The Morgan fingerprint density at radius 3 is 2.84 bits per heavy atom. The van der Waals surface area contributed by atoms with Crippen LogP contribution in [-0.4, -0.2) is 54.2 Å². The predicted octanol–water partition coefficient (Wildman–Crippen LogP) is 1.05. The first-order chi connectivity index (χ1) is 12.0. The molecule has 2 aliphatic heterocycles. The molecule has 0 radical (unpaired) electrons. The molecule has 5 nitrogen and oxygen atoms in total. The average molecular weight is 342 g/mol. The molecule has 134 valence electrons. The highest BCUT2D eigenvalue weighted by Gasteiger charge is 2.30. The molecule has 1 saturated heterocycles. The molecule has 5 heteroatoms. The van der Waals surface area contributed by atoms with E-state index in [2.05, 4.69) is 44.0 Å². The summed E-state index contributed by atoms with van der Waals surface area (Å²) >= 11 is 0. The SMILES string of the molecule is Cc1ccc2[nH]c3c(c2c1)CN(C(=O)C[NH+]1C[C@@H](C)O[C@H](C)C1)CC3. The van der Waals surface area contributed by atoms with Crippen LogP contribution in [0.25, 0.3) is 10.9 Å². The number of fused-ring (bicyclic) bond motifs is 3. The number of nitrogens with zero attached hydrogens (tertiary/aromatic N) is 1. The lowest BCUT2D eigenvalue weighted by molar-refractivity contribution is -0.907. The minimum Gasteiger partial charge on any atom is -0.364 e. The van der Waals surface area contributed by atoms with Gasteiger partial charge in [0.05, 0.1) is 0 Å². The number of hydrogen-bond acceptors (Lipinski definition) is 2. The van der Waals surface area contributed by atoms with Gasteiger partial charge in [-0.25, -0.2) is 0 Å². The first-order valence-electron chi connectivity index (χ1n) is 9.36. The van der Waals surface area contributed by atoms with Crippen molar-refractivity contribution in [2.75, 3.05) is 26.2 Å². The van der Waals surface area contributed by atoms with Crippen LogP contribution in [-0.2, 0) is 22.5 Å². The molecule has 1 amide bonds. The van der Waals surface area contributed by atoms with Gasteiger partial charge in [-0.05, 0) is 32.9 Å². The number of ether oxygens (including phenoxy) is 1. The molecule has 2 aliphatic rings. The van der Waals surface area contributed by atoms with E-state index in [1.165, 1.54) is 32.6 Å². The lowest BCUT2D eigenvalue weighted by atomic mass is 10.0. The van der Waals surface area contributed by atoms with E-state index in [9.17, 15) is 4.79 Å². The molecular formula is C20H28N3O2+. The maximum atomic E-state index is 12.9. The Kier molecular flexibility index (Phi) is 4.29. The molecule has 1 fully saturated rings. The van der Waals surface area contributed by atoms with Crippen LogP contribution in [0.2, 0.25) is 0 Å². The highest BCUT2D eigenvalue weighted by Crippen LogP contribution is 2.28. The fraction of sp³-hybridized carbons (Fsp3) is 0.550. The van der Waals surface area contributed by atoms with Gasteiger partial charge in [-0.2, -0.15) is 0 Å². The van der Waals surface area contributed by atoms with Crippen molar-refractivity contribution >= 4 is 16.8 Å². The lowest BCUT2D eigenvalue weighted by Crippen LogP contribution is -3.16. The highest BCUT2D eigenvalue weighted by molar-refractivity contribution is 5.86. The van der Waals surface area contributed by atoms with Gasteiger partial charge in [-0.1, -0.05) is 11.6 Å². The summed E-state index contributed by atoms with van der Waals surface area (Å²) in [5.74, 6) is 0.268. The second-order valence-corrected chi connectivity index (χ2v) is 7.79. The number of aromatic amines is 1. The third-order valence-electron chi connectivity index (χ3n) is 5.50. The first kappa shape index (κ1) is 16.6. The molecule has 2 N–H and O–H groups in total. The number of nitrogens with one attached hydrogen (secondary N) is 2. The number of aromatic nitrogens is 1. The third kappa shape index (κ3) is 3.31. The van der Waals surface area contributed by atoms with Crippen LogP contribution in [0.4, 0.5) is 0 Å². The number of carbonyl (C=O) groups is 1. The Morgan fingerprint density at radius 1 is 1.32 bits per heavy atom. The van der Waals surface area contributed by atoms with E-state index in [4.69, 9.17) is 4.74 Å². The van der Waals surface area contributed by atoms with Crippen LogP contribution >= 0.6 is 0 Å². The van der Waals surface area contributed by atoms with E-state index in [-0.39, 0.29) is 18.1 Å². The first-order valence-corrected chi connectivity index (χ1v) is 9.36. The van der Waals surface area contributed by atoms with Crippen molar-refractivity contribution in [1.29, 1.82) is 0 Å². The molecule has 3 heterocycles. The third-order valence-corrected chi connectivity index (χ3v) is 5.50. The zero-order valence-electron chi connectivity index (χ0n) is 15.4. The number of quaternary nitrogens is 1. The van der Waals surface area contributed by atoms with Crippen molar-refractivity contribution in [2.45, 2.75) is 45.9 Å². The molecule has 2 atom stereocenters. The molecule has 4 rings (SSSR count). The Bertz CT molecular complexity index is 788. The number of carbonyl (C=O) groups excluding carboxylic acids is 1. The molecule has 0 unspecified atom stereocenters. The molecule has 0 saturated carbocycles. The van der Waals surface area contributed by atoms with Crippen molar-refractivity contribution in [2.24, 2.45) is 0 Å². The zero-order valence-corrected chi connectivity index (χ0v) is 15.4. The standard InChI is InChI=1S/C20H27N3O2/c1-13-4-5-18-16(8-13)17-11-23(7-6-19(17)21-18)20(24)12-22-9-14(2)25-15(3)10-22/h4-5,8,14-15,21H,6-7,9-12H2,1-3H3/p+1/t14-,15-/m1/s1. The number of hydrogen-bond donors (Lipinski definition) is 2. The molecule has 0 aliphatic carbocycles. The van der Waals surface area contributed by atoms with E-state index in [0.717, 1.165) is 32.6 Å². The highest BCUT2D eigenvalue weighted by atomic mass is 16.5. The minimum atomic E-state index is 0.233. The summed E-state index contributed by atoms with van der Waals surface area (Å²) in [5.41, 5.74) is 5.05. The summed E-state index contributed by atoms with van der Waals surface area (Å²) in [6.07, 6.45) is 1.38. The van der Waals surface area contributed by atoms with Crippen molar-refractivity contribution in [3.63, 3.8) is 0 Å². The van der Waals surface area contributed by atoms with Gasteiger partial charge in [0, 0.05) is 41.7 Å². The number of aryl methyl sites for hydroxylation is 1. The van der Waals surface area contributed by atoms with Crippen molar-refractivity contribution in [1.82, 2.24) is 9.88 Å². The Morgan fingerprint density at radius 2 is 2.08 bits per heavy atom. The van der Waals surface area contributed by atoms with Crippen LogP contribution in [0.1, 0.15) is 30.7 Å². The van der Waals surface area contributed by atoms with E-state index < -0.39 is 0 Å². The summed E-state index contributed by atoms with van der Waals surface area (Å²) in [7, 11) is 0. The lowest BCUT2D eigenvalue weighted by Gasteiger charge is -2.34. The minimum absolute atomic E-state index is 0.233. The van der Waals surface area contributed by atoms with Crippen molar-refractivity contribution in [3.05, 3.63) is 35.0 Å². The second kappa shape index (κ2) is 6.46. The summed E-state index contributed by atoms with van der Waals surface area (Å²) in [5, 5.41) is 1.27. The summed E-state index contributed by atoms with van der Waals surface area (Å²) in [6.45, 7) is 10.3. The van der Waals surface area contributed by atoms with E-state index >= 15 is 0 Å². The van der Waals surface area contributed by atoms with E-state index in [0.29, 0.717) is 6.54 Å². The van der Waals surface area contributed by atoms with Gasteiger partial charge in [0.1, 0.15) is 25.3 Å². The van der Waals surface area contributed by atoms with E-state index in [1.54, 1.807) is 0 Å². The summed E-state index contributed by atoms with van der Waals surface area (Å²) in [6, 6.07) is 6.52. The molecule has 25 heavy (non-hydrogen) atoms. The number of benzene rings is 1. The molecule has 0 bridgehead atoms. The second-order valence-electron chi connectivity index (χ2n) is 7.79. The fourth-order valence-electron chi connectivity index (χ4n) is 4.40. The molecule has 2 aromatic rings. The van der Waals surface area contributed by atoms with Crippen LogP contribution in [0.15, 0.2) is 18.2 Å². The maximum Gasteiger partial charge on any atom is 0.278 e. The van der Waals surface area contributed by atoms with Crippen molar-refractivity contribution in [3.8, 4) is 0 Å². The van der Waals surface area contributed by atoms with E-state index in [1.807, 2.05) is 4.90 Å². The number of H-pyrrole nitrogens is 1. The van der Waals surface area contributed by atoms with Crippen LogP contribution in [0.3, 0.4) is 0 Å². The van der Waals surface area contributed by atoms with Crippen LogP contribution < -0.4 is 4.90 Å². The van der Waals surface area contributed by atoms with Gasteiger partial charge in [0.15, 0.2) is 6.54 Å². The molecular weight excluding hydrogens is 314 g/mol. The van der Waals surface area contributed by atoms with Gasteiger partial charge < -0.3 is 19.5 Å². The fourth-order valence-corrected chi connectivity index (χ4v) is 4.40. The van der Waals surface area contributed by atoms with Gasteiger partial charge in [0.25, 0.3) is 5.91 Å². The van der Waals surface area contributed by atoms with Gasteiger partial charge >= 0.3 is 0 Å². The van der Waals surface area contributed by atoms with Gasteiger partial charge in [-0.15, -0.1) is 0 Å². The van der Waals surface area contributed by atoms with Crippen molar-refractivity contribution < 1.29 is 14.4 Å². The smallest absolute Gasteiger partial charge is 0.278 e. The molecule has 0 spiro atoms. The monoisotopic (exact) mass is 342 g/mol. The van der Waals surface area contributed by atoms with Gasteiger partial charge in [0.2, 0.25) is 0 Å². The molecule has 1 aromatic heterocycles. The number of morpholine rings is 1. The Balaban J connectivity index is 1.49. The van der Waals surface area contributed by atoms with Crippen LogP contribution in [0.5, 0.6) is 0 Å². The number of rotatable bonds is 2. The average Bonchev–Trinajstić information content (AvgIpc) is 2.91. The normalized spacial score (nSPS) is 26.7. The quantitative estimate of drug-likeness (QED) is 0.857. The maximum absolute atomic E-state index is 12.9. The topological polar surface area (TPSA) is 49.8 Å². The van der Waals surface area contributed by atoms with Gasteiger partial charge in [-0.3, -0.25) is 4.79 Å². The summed E-state index contributed by atoms with van der Waals surface area (Å²) < 4.78 is 5.79. The predicted molar refractivity (Wildman–Crippen MR) is 97.7 cm³/mol. The Labute approximate surface area is 148 Å². The largest absolute Gasteiger partial charge is 0.364 e.